The number of carbonyl (C=O) groups is 1. The average molecular weight is 418 g/mol. The van der Waals surface area contributed by atoms with Gasteiger partial charge in [-0.05, 0) is 48.6 Å². The van der Waals surface area contributed by atoms with E-state index < -0.39 is 0 Å². The molecule has 0 radical (unpaired) electrons. The first kappa shape index (κ1) is 19.7. The molecule has 1 aliphatic carbocycles. The van der Waals surface area contributed by atoms with E-state index in [1.54, 1.807) is 11.3 Å². The lowest BCUT2D eigenvalue weighted by atomic mass is 9.83. The summed E-state index contributed by atoms with van der Waals surface area (Å²) < 4.78 is 0. The third-order valence-electron chi connectivity index (χ3n) is 6.16. The number of hydrogen-bond acceptors (Lipinski definition) is 4. The van der Waals surface area contributed by atoms with Crippen LogP contribution in [0.2, 0.25) is 5.02 Å². The van der Waals surface area contributed by atoms with Crippen LogP contribution in [0.1, 0.15) is 30.6 Å². The summed E-state index contributed by atoms with van der Waals surface area (Å²) in [6, 6.07) is 12.3. The molecule has 0 unspecified atom stereocenters. The van der Waals surface area contributed by atoms with E-state index in [1.165, 1.54) is 10.6 Å². The number of halogens is 1. The summed E-state index contributed by atoms with van der Waals surface area (Å²) in [5.41, 5.74) is 0.957. The molecule has 6 heteroatoms. The van der Waals surface area contributed by atoms with E-state index >= 15 is 0 Å². The third-order valence-corrected chi connectivity index (χ3v) is 7.49. The molecule has 1 saturated carbocycles. The van der Waals surface area contributed by atoms with Crippen molar-refractivity contribution in [3.05, 3.63) is 51.7 Å². The summed E-state index contributed by atoms with van der Waals surface area (Å²) in [6.07, 6.45) is 4.27. The second-order valence-electron chi connectivity index (χ2n) is 7.83. The maximum Gasteiger partial charge on any atom is 0.231 e. The number of hydrogen-bond donors (Lipinski definition) is 1. The quantitative estimate of drug-likeness (QED) is 0.766. The highest BCUT2D eigenvalue weighted by atomic mass is 35.5. The summed E-state index contributed by atoms with van der Waals surface area (Å²) in [5, 5.41) is 6.11. The standard InChI is InChI=1S/C22H28ClN3OS/c23-18-5-7-19(8-6-18)26-15-13-25(14-16-26)12-11-24-21(27)22(9-1-2-10-22)20-4-3-17-28-20/h3-8,17H,1-2,9-16H2,(H,24,27). The summed E-state index contributed by atoms with van der Waals surface area (Å²) in [4.78, 5) is 19.1. The molecule has 150 valence electrons. The SMILES string of the molecule is O=C(NCCN1CCN(c2ccc(Cl)cc2)CC1)C1(c2cccs2)CCCC1. The fraction of sp³-hybridized carbons (Fsp3) is 0.500. The monoisotopic (exact) mass is 417 g/mol. The number of amides is 1. The Morgan fingerprint density at radius 3 is 2.43 bits per heavy atom. The van der Waals surface area contributed by atoms with Crippen LogP contribution in [0.3, 0.4) is 0 Å². The third kappa shape index (κ3) is 4.22. The first-order valence-electron chi connectivity index (χ1n) is 10.2. The molecular formula is C22H28ClN3OS. The van der Waals surface area contributed by atoms with E-state index in [0.717, 1.165) is 70.0 Å². The number of thiophene rings is 1. The first-order chi connectivity index (χ1) is 13.7. The Morgan fingerprint density at radius 1 is 1.07 bits per heavy atom. The van der Waals surface area contributed by atoms with Crippen molar-refractivity contribution in [2.45, 2.75) is 31.1 Å². The van der Waals surface area contributed by atoms with E-state index in [2.05, 4.69) is 44.8 Å². The van der Waals surface area contributed by atoms with Crippen molar-refractivity contribution in [1.82, 2.24) is 10.2 Å². The molecule has 2 aliphatic rings. The Labute approximate surface area is 176 Å². The second kappa shape index (κ2) is 8.85. The van der Waals surface area contributed by atoms with E-state index in [-0.39, 0.29) is 11.3 Å². The Morgan fingerprint density at radius 2 is 1.79 bits per heavy atom. The molecule has 2 aromatic rings. The fourth-order valence-corrected chi connectivity index (χ4v) is 5.60. The van der Waals surface area contributed by atoms with Gasteiger partial charge in [-0.1, -0.05) is 30.5 Å². The van der Waals surface area contributed by atoms with Crippen LogP contribution in [0, 0.1) is 0 Å². The van der Waals surface area contributed by atoms with Crippen molar-refractivity contribution < 1.29 is 4.79 Å². The number of nitrogens with one attached hydrogen (secondary N) is 1. The van der Waals surface area contributed by atoms with Gasteiger partial charge in [0.2, 0.25) is 5.91 Å². The van der Waals surface area contributed by atoms with Crippen LogP contribution in [-0.2, 0) is 10.2 Å². The zero-order valence-electron chi connectivity index (χ0n) is 16.2. The molecule has 2 fully saturated rings. The highest BCUT2D eigenvalue weighted by Crippen LogP contribution is 2.43. The molecule has 1 amide bonds. The van der Waals surface area contributed by atoms with Gasteiger partial charge < -0.3 is 10.2 Å². The molecule has 1 aliphatic heterocycles. The molecule has 0 atom stereocenters. The molecule has 2 heterocycles. The van der Waals surface area contributed by atoms with Crippen LogP contribution in [0.25, 0.3) is 0 Å². The summed E-state index contributed by atoms with van der Waals surface area (Å²) in [5.74, 6) is 0.229. The van der Waals surface area contributed by atoms with Crippen LogP contribution in [0.5, 0.6) is 0 Å². The van der Waals surface area contributed by atoms with Crippen molar-refractivity contribution in [1.29, 1.82) is 0 Å². The van der Waals surface area contributed by atoms with Crippen LogP contribution in [-0.4, -0.2) is 50.1 Å². The molecule has 4 nitrogen and oxygen atoms in total. The Kier molecular flexibility index (Phi) is 6.24. The number of anilines is 1. The number of piperazine rings is 1. The van der Waals surface area contributed by atoms with Crippen LogP contribution < -0.4 is 10.2 Å². The molecule has 0 bridgehead atoms. The van der Waals surface area contributed by atoms with Crippen LogP contribution >= 0.6 is 22.9 Å². The van der Waals surface area contributed by atoms with Gasteiger partial charge in [-0.15, -0.1) is 11.3 Å². The minimum atomic E-state index is -0.276. The minimum Gasteiger partial charge on any atom is -0.369 e. The molecule has 1 aromatic carbocycles. The molecule has 0 spiro atoms. The van der Waals surface area contributed by atoms with Crippen molar-refractivity contribution in [2.75, 3.05) is 44.2 Å². The lowest BCUT2D eigenvalue weighted by molar-refractivity contribution is -0.126. The molecular weight excluding hydrogens is 390 g/mol. The number of nitrogens with zero attached hydrogens (tertiary/aromatic N) is 2. The smallest absolute Gasteiger partial charge is 0.231 e. The van der Waals surface area contributed by atoms with Gasteiger partial charge in [-0.2, -0.15) is 0 Å². The summed E-state index contributed by atoms with van der Waals surface area (Å²) in [7, 11) is 0. The Bertz CT molecular complexity index is 764. The van der Waals surface area contributed by atoms with Crippen LogP contribution in [0.4, 0.5) is 5.69 Å². The normalized spacial score (nSPS) is 19.7. The number of rotatable bonds is 6. The molecule has 1 saturated heterocycles. The van der Waals surface area contributed by atoms with E-state index in [9.17, 15) is 4.79 Å². The fourth-order valence-electron chi connectivity index (χ4n) is 4.49. The predicted octanol–water partition coefficient (Wildman–Crippen LogP) is 4.15. The lowest BCUT2D eigenvalue weighted by Crippen LogP contribution is -2.50. The van der Waals surface area contributed by atoms with Gasteiger partial charge in [0.15, 0.2) is 0 Å². The molecule has 1 aromatic heterocycles. The van der Waals surface area contributed by atoms with E-state index in [1.807, 2.05) is 12.1 Å². The zero-order chi connectivity index (χ0) is 19.4. The summed E-state index contributed by atoms with van der Waals surface area (Å²) >= 11 is 7.71. The first-order valence-corrected chi connectivity index (χ1v) is 11.5. The lowest BCUT2D eigenvalue weighted by Gasteiger charge is -2.36. The topological polar surface area (TPSA) is 35.6 Å². The van der Waals surface area contributed by atoms with Crippen LogP contribution in [0.15, 0.2) is 41.8 Å². The largest absolute Gasteiger partial charge is 0.369 e. The van der Waals surface area contributed by atoms with Gasteiger partial charge in [0.05, 0.1) is 5.41 Å². The maximum absolute atomic E-state index is 13.0. The molecule has 28 heavy (non-hydrogen) atoms. The minimum absolute atomic E-state index is 0.229. The van der Waals surface area contributed by atoms with Gasteiger partial charge >= 0.3 is 0 Å². The van der Waals surface area contributed by atoms with Crippen molar-refractivity contribution in [3.63, 3.8) is 0 Å². The summed E-state index contributed by atoms with van der Waals surface area (Å²) in [6.45, 7) is 5.71. The Hall–Kier alpha value is -1.56. The zero-order valence-corrected chi connectivity index (χ0v) is 17.8. The number of benzene rings is 1. The average Bonchev–Trinajstić information content (AvgIpc) is 3.42. The number of carbonyl (C=O) groups excluding carboxylic acids is 1. The molecule has 4 rings (SSSR count). The van der Waals surface area contributed by atoms with Gasteiger partial charge in [-0.25, -0.2) is 0 Å². The van der Waals surface area contributed by atoms with Gasteiger partial charge in [-0.3, -0.25) is 9.69 Å². The Balaban J connectivity index is 1.24. The van der Waals surface area contributed by atoms with Crippen molar-refractivity contribution in [3.8, 4) is 0 Å². The highest BCUT2D eigenvalue weighted by Gasteiger charge is 2.43. The van der Waals surface area contributed by atoms with E-state index in [4.69, 9.17) is 11.6 Å². The maximum atomic E-state index is 13.0. The predicted molar refractivity (Wildman–Crippen MR) is 118 cm³/mol. The van der Waals surface area contributed by atoms with Gasteiger partial charge in [0.25, 0.3) is 0 Å². The highest BCUT2D eigenvalue weighted by molar-refractivity contribution is 7.10. The van der Waals surface area contributed by atoms with Gasteiger partial charge in [0, 0.05) is 54.9 Å². The van der Waals surface area contributed by atoms with Crippen molar-refractivity contribution in [2.24, 2.45) is 0 Å². The van der Waals surface area contributed by atoms with Gasteiger partial charge in [0.1, 0.15) is 0 Å². The van der Waals surface area contributed by atoms with E-state index in [0.29, 0.717) is 0 Å². The second-order valence-corrected chi connectivity index (χ2v) is 9.21. The van der Waals surface area contributed by atoms with Crippen molar-refractivity contribution >= 4 is 34.5 Å². The molecule has 1 N–H and O–H groups in total.